The smallest absolute Gasteiger partial charge is 0.323 e. The van der Waals surface area contributed by atoms with Crippen molar-refractivity contribution in [2.75, 3.05) is 18.0 Å². The van der Waals surface area contributed by atoms with E-state index in [0.717, 1.165) is 18.5 Å². The summed E-state index contributed by atoms with van der Waals surface area (Å²) in [5, 5.41) is 12.1. The first-order valence-electron chi connectivity index (χ1n) is 7.34. The number of aliphatic carboxylic acids is 1. The molecule has 1 aliphatic heterocycles. The highest BCUT2D eigenvalue weighted by Crippen LogP contribution is 2.26. The van der Waals surface area contributed by atoms with Gasteiger partial charge in [-0.1, -0.05) is 25.1 Å². The standard InChI is InChI=1S/C16H22N2O3/c1-3-16(2,15(20)21)17-11-14(19)18-10-6-8-12-7-4-5-9-13(12)18/h4-5,7,9,17H,3,6,8,10-11H2,1-2H3,(H,20,21). The van der Waals surface area contributed by atoms with E-state index in [4.69, 9.17) is 0 Å². The van der Waals surface area contributed by atoms with Crippen molar-refractivity contribution < 1.29 is 14.7 Å². The molecule has 5 heteroatoms. The molecule has 2 rings (SSSR count). The number of nitrogens with one attached hydrogen (secondary N) is 1. The molecule has 0 radical (unpaired) electrons. The number of amides is 1. The quantitative estimate of drug-likeness (QED) is 0.867. The molecule has 1 aromatic rings. The van der Waals surface area contributed by atoms with Gasteiger partial charge in [-0.15, -0.1) is 0 Å². The second-order valence-electron chi connectivity index (χ2n) is 5.62. The first-order valence-corrected chi connectivity index (χ1v) is 7.34. The second kappa shape index (κ2) is 6.26. The van der Waals surface area contributed by atoms with Crippen molar-refractivity contribution in [3.8, 4) is 0 Å². The Morgan fingerprint density at radius 1 is 1.38 bits per heavy atom. The van der Waals surface area contributed by atoms with Crippen molar-refractivity contribution in [3.63, 3.8) is 0 Å². The number of nitrogens with zero attached hydrogens (tertiary/aromatic N) is 1. The average Bonchev–Trinajstić information content (AvgIpc) is 2.51. The summed E-state index contributed by atoms with van der Waals surface area (Å²) in [5.74, 6) is -1.01. The number of hydrogen-bond acceptors (Lipinski definition) is 3. The summed E-state index contributed by atoms with van der Waals surface area (Å²) in [6, 6.07) is 7.88. The minimum Gasteiger partial charge on any atom is -0.480 e. The van der Waals surface area contributed by atoms with Gasteiger partial charge in [0, 0.05) is 12.2 Å². The first-order chi connectivity index (χ1) is 9.98. The number of aryl methyl sites for hydroxylation is 1. The molecule has 2 N–H and O–H groups in total. The minimum atomic E-state index is -1.06. The summed E-state index contributed by atoms with van der Waals surface area (Å²) in [4.78, 5) is 25.4. The van der Waals surface area contributed by atoms with E-state index in [0.29, 0.717) is 13.0 Å². The van der Waals surface area contributed by atoms with Crippen molar-refractivity contribution >= 4 is 17.6 Å². The number of carbonyl (C=O) groups is 2. The minimum absolute atomic E-state index is 0.0327. The SMILES string of the molecule is CCC(C)(NCC(=O)N1CCCc2ccccc21)C(=O)O. The molecule has 1 unspecified atom stereocenters. The van der Waals surface area contributed by atoms with E-state index < -0.39 is 11.5 Å². The van der Waals surface area contributed by atoms with Crippen LogP contribution in [0.25, 0.3) is 0 Å². The Morgan fingerprint density at radius 3 is 2.76 bits per heavy atom. The zero-order chi connectivity index (χ0) is 15.5. The van der Waals surface area contributed by atoms with Crippen LogP contribution in [-0.4, -0.2) is 35.6 Å². The summed E-state index contributed by atoms with van der Waals surface area (Å²) >= 11 is 0. The van der Waals surface area contributed by atoms with Crippen molar-refractivity contribution in [2.24, 2.45) is 0 Å². The molecule has 1 atom stereocenters. The van der Waals surface area contributed by atoms with Crippen LogP contribution >= 0.6 is 0 Å². The Morgan fingerprint density at radius 2 is 2.10 bits per heavy atom. The summed E-state index contributed by atoms with van der Waals surface area (Å²) in [6.45, 7) is 4.12. The molecule has 0 bridgehead atoms. The van der Waals surface area contributed by atoms with Crippen LogP contribution in [0.3, 0.4) is 0 Å². The summed E-state index contributed by atoms with van der Waals surface area (Å²) in [6.07, 6.45) is 2.34. The Hall–Kier alpha value is -1.88. The molecule has 1 amide bonds. The van der Waals surface area contributed by atoms with Gasteiger partial charge in [0.05, 0.1) is 6.54 Å². The number of hydrogen-bond donors (Lipinski definition) is 2. The molecule has 0 spiro atoms. The summed E-state index contributed by atoms with van der Waals surface area (Å²) < 4.78 is 0. The molecular formula is C16H22N2O3. The second-order valence-corrected chi connectivity index (χ2v) is 5.62. The molecule has 1 aliphatic rings. The van der Waals surface area contributed by atoms with E-state index in [2.05, 4.69) is 5.32 Å². The maximum absolute atomic E-state index is 12.4. The Bertz CT molecular complexity index is 544. The van der Waals surface area contributed by atoms with E-state index in [1.165, 1.54) is 5.56 Å². The van der Waals surface area contributed by atoms with Crippen molar-refractivity contribution in [3.05, 3.63) is 29.8 Å². The zero-order valence-electron chi connectivity index (χ0n) is 12.6. The lowest BCUT2D eigenvalue weighted by atomic mass is 9.99. The lowest BCUT2D eigenvalue weighted by molar-refractivity contribution is -0.144. The van der Waals surface area contributed by atoms with E-state index in [1.54, 1.807) is 18.7 Å². The lowest BCUT2D eigenvalue weighted by Gasteiger charge is -2.31. The largest absolute Gasteiger partial charge is 0.480 e. The number of carboxylic acid groups (broad SMARTS) is 1. The summed E-state index contributed by atoms with van der Waals surface area (Å²) in [5.41, 5.74) is 1.06. The fraction of sp³-hybridized carbons (Fsp3) is 0.500. The van der Waals surface area contributed by atoms with Gasteiger partial charge in [0.25, 0.3) is 0 Å². The van der Waals surface area contributed by atoms with Crippen molar-refractivity contribution in [2.45, 2.75) is 38.6 Å². The van der Waals surface area contributed by atoms with Gasteiger partial charge in [-0.2, -0.15) is 0 Å². The number of rotatable bonds is 5. The van der Waals surface area contributed by atoms with Crippen LogP contribution in [0.5, 0.6) is 0 Å². The molecule has 0 saturated carbocycles. The molecule has 114 valence electrons. The van der Waals surface area contributed by atoms with Gasteiger partial charge in [-0.3, -0.25) is 14.9 Å². The number of benzene rings is 1. The monoisotopic (exact) mass is 290 g/mol. The van der Waals surface area contributed by atoms with Crippen LogP contribution in [0.2, 0.25) is 0 Å². The van der Waals surface area contributed by atoms with E-state index in [-0.39, 0.29) is 12.5 Å². The Balaban J connectivity index is 2.07. The molecule has 1 aromatic carbocycles. The third-order valence-electron chi connectivity index (χ3n) is 4.22. The molecule has 21 heavy (non-hydrogen) atoms. The molecule has 0 fully saturated rings. The van der Waals surface area contributed by atoms with Gasteiger partial charge in [-0.05, 0) is 37.8 Å². The number of carboxylic acids is 1. The lowest BCUT2D eigenvalue weighted by Crippen LogP contribution is -2.53. The molecule has 0 saturated heterocycles. The van der Waals surface area contributed by atoms with E-state index in [1.807, 2.05) is 24.3 Å². The van der Waals surface area contributed by atoms with Crippen LogP contribution in [0.1, 0.15) is 32.3 Å². The number of para-hydroxylation sites is 1. The predicted octanol–water partition coefficient (Wildman–Crippen LogP) is 1.81. The highest BCUT2D eigenvalue weighted by molar-refractivity contribution is 5.96. The van der Waals surface area contributed by atoms with Gasteiger partial charge >= 0.3 is 5.97 Å². The van der Waals surface area contributed by atoms with Gasteiger partial charge in [0.2, 0.25) is 5.91 Å². The number of anilines is 1. The van der Waals surface area contributed by atoms with Crippen molar-refractivity contribution in [1.29, 1.82) is 0 Å². The molecule has 0 aromatic heterocycles. The van der Waals surface area contributed by atoms with Crippen LogP contribution < -0.4 is 10.2 Å². The van der Waals surface area contributed by atoms with E-state index >= 15 is 0 Å². The van der Waals surface area contributed by atoms with E-state index in [9.17, 15) is 14.7 Å². The zero-order valence-corrected chi connectivity index (χ0v) is 12.6. The Labute approximate surface area is 125 Å². The van der Waals surface area contributed by atoms with Gasteiger partial charge < -0.3 is 10.0 Å². The van der Waals surface area contributed by atoms with Crippen molar-refractivity contribution in [1.82, 2.24) is 5.32 Å². The maximum Gasteiger partial charge on any atom is 0.323 e. The third kappa shape index (κ3) is 3.24. The topological polar surface area (TPSA) is 69.6 Å². The number of carbonyl (C=O) groups excluding carboxylic acids is 1. The van der Waals surface area contributed by atoms with Gasteiger partial charge in [0.1, 0.15) is 5.54 Å². The van der Waals surface area contributed by atoms with Crippen LogP contribution in [-0.2, 0) is 16.0 Å². The Kier molecular flexibility index (Phi) is 4.63. The van der Waals surface area contributed by atoms with Crippen LogP contribution in [0.4, 0.5) is 5.69 Å². The normalized spacial score (nSPS) is 17.0. The first kappa shape index (κ1) is 15.5. The highest BCUT2D eigenvalue weighted by Gasteiger charge is 2.32. The van der Waals surface area contributed by atoms with Gasteiger partial charge in [0.15, 0.2) is 0 Å². The fourth-order valence-corrected chi connectivity index (χ4v) is 2.51. The summed E-state index contributed by atoms with van der Waals surface area (Å²) in [7, 11) is 0. The number of fused-ring (bicyclic) bond motifs is 1. The van der Waals surface area contributed by atoms with Crippen LogP contribution in [0.15, 0.2) is 24.3 Å². The molecule has 5 nitrogen and oxygen atoms in total. The highest BCUT2D eigenvalue weighted by atomic mass is 16.4. The molecule has 0 aliphatic carbocycles. The molecule has 1 heterocycles. The average molecular weight is 290 g/mol. The third-order valence-corrected chi connectivity index (χ3v) is 4.22. The maximum atomic E-state index is 12.4. The fourth-order valence-electron chi connectivity index (χ4n) is 2.51. The predicted molar refractivity (Wildman–Crippen MR) is 81.5 cm³/mol. The van der Waals surface area contributed by atoms with Crippen LogP contribution in [0, 0.1) is 0 Å². The molecular weight excluding hydrogens is 268 g/mol. The van der Waals surface area contributed by atoms with Gasteiger partial charge in [-0.25, -0.2) is 0 Å².